The molecular weight excluding hydrogens is 166 g/mol. The number of nitriles is 1. The Bertz CT molecular complexity index is 279. The largest absolute Gasteiger partial charge is 0.192 e. The summed E-state index contributed by atoms with van der Waals surface area (Å²) >= 11 is 1.80. The summed E-state index contributed by atoms with van der Waals surface area (Å²) in [7, 11) is 0. The number of hydrogen-bond donors (Lipinski definition) is 0. The zero-order valence-corrected chi connectivity index (χ0v) is 7.90. The van der Waals surface area contributed by atoms with Crippen LogP contribution in [0.3, 0.4) is 0 Å². The molecule has 1 nitrogen and oxygen atoms in total. The Balaban J connectivity index is 2.66. The van der Waals surface area contributed by atoms with Crippen LogP contribution in [0.1, 0.15) is 6.42 Å². The van der Waals surface area contributed by atoms with Crippen molar-refractivity contribution >= 4 is 11.8 Å². The quantitative estimate of drug-likeness (QED) is 0.647. The molecule has 0 aromatic rings. The molecule has 1 aliphatic carbocycles. The summed E-state index contributed by atoms with van der Waals surface area (Å²) in [5.41, 5.74) is 2.08. The van der Waals surface area contributed by atoms with E-state index in [1.807, 2.05) is 18.2 Å². The summed E-state index contributed by atoms with van der Waals surface area (Å²) in [6.07, 6.45) is 11.0. The fourth-order valence-electron chi connectivity index (χ4n) is 1.03. The normalized spacial score (nSPS) is 16.0. The first kappa shape index (κ1) is 9.15. The van der Waals surface area contributed by atoms with Crippen LogP contribution in [0.5, 0.6) is 0 Å². The Kier molecular flexibility index (Phi) is 3.69. The first-order chi connectivity index (χ1) is 5.86. The third-order valence-corrected chi connectivity index (χ3v) is 2.26. The molecule has 0 saturated heterocycles. The molecule has 1 rings (SSSR count). The highest BCUT2D eigenvalue weighted by molar-refractivity contribution is 7.98. The van der Waals surface area contributed by atoms with Gasteiger partial charge in [0.1, 0.15) is 0 Å². The average molecular weight is 177 g/mol. The summed E-state index contributed by atoms with van der Waals surface area (Å²) < 4.78 is 0. The van der Waals surface area contributed by atoms with Crippen molar-refractivity contribution in [2.24, 2.45) is 0 Å². The van der Waals surface area contributed by atoms with Gasteiger partial charge in [0.25, 0.3) is 0 Å². The number of thioether (sulfide) groups is 1. The van der Waals surface area contributed by atoms with Gasteiger partial charge in [-0.25, -0.2) is 0 Å². The molecule has 0 unspecified atom stereocenters. The molecule has 0 aromatic heterocycles. The molecule has 0 aliphatic heterocycles. The van der Waals surface area contributed by atoms with Gasteiger partial charge >= 0.3 is 0 Å². The van der Waals surface area contributed by atoms with E-state index in [1.165, 1.54) is 5.57 Å². The standard InChI is InChI=1S/C10H11NS/c1-12-8-10-4-2-3-9(7-11)5-6-10/h3-6H,2,8H2,1H3. The summed E-state index contributed by atoms with van der Waals surface area (Å²) in [5.74, 6) is 1.03. The Hall–Kier alpha value is -0.940. The lowest BCUT2D eigenvalue weighted by atomic mass is 10.2. The lowest BCUT2D eigenvalue weighted by molar-refractivity contribution is 1.34. The minimum atomic E-state index is 0.766. The van der Waals surface area contributed by atoms with Crippen LogP contribution in [0.4, 0.5) is 0 Å². The van der Waals surface area contributed by atoms with E-state index in [9.17, 15) is 0 Å². The third kappa shape index (κ3) is 2.60. The van der Waals surface area contributed by atoms with Crippen LogP contribution >= 0.6 is 11.8 Å². The average Bonchev–Trinajstić information content (AvgIpc) is 2.31. The van der Waals surface area contributed by atoms with Crippen molar-refractivity contribution in [2.45, 2.75) is 6.42 Å². The van der Waals surface area contributed by atoms with Crippen molar-refractivity contribution < 1.29 is 0 Å². The minimum Gasteiger partial charge on any atom is -0.192 e. The van der Waals surface area contributed by atoms with Gasteiger partial charge in [-0.1, -0.05) is 18.2 Å². The summed E-state index contributed by atoms with van der Waals surface area (Å²) in [6.45, 7) is 0. The topological polar surface area (TPSA) is 23.8 Å². The molecule has 0 fully saturated rings. The van der Waals surface area contributed by atoms with Crippen LogP contribution in [-0.4, -0.2) is 12.0 Å². The van der Waals surface area contributed by atoms with Crippen LogP contribution in [0.15, 0.2) is 35.5 Å². The van der Waals surface area contributed by atoms with E-state index in [4.69, 9.17) is 5.26 Å². The molecule has 0 heterocycles. The second-order valence-corrected chi connectivity index (χ2v) is 3.42. The number of rotatable bonds is 2. The summed E-state index contributed by atoms with van der Waals surface area (Å²) in [4.78, 5) is 0. The van der Waals surface area contributed by atoms with Crippen molar-refractivity contribution in [3.63, 3.8) is 0 Å². The molecule has 0 bridgehead atoms. The molecule has 12 heavy (non-hydrogen) atoms. The molecule has 0 amide bonds. The molecule has 0 saturated carbocycles. The van der Waals surface area contributed by atoms with E-state index in [0.29, 0.717) is 0 Å². The van der Waals surface area contributed by atoms with E-state index in [-0.39, 0.29) is 0 Å². The highest BCUT2D eigenvalue weighted by Crippen LogP contribution is 2.13. The van der Waals surface area contributed by atoms with Gasteiger partial charge in [0, 0.05) is 11.3 Å². The van der Waals surface area contributed by atoms with Gasteiger partial charge < -0.3 is 0 Å². The molecule has 0 aromatic carbocycles. The summed E-state index contributed by atoms with van der Waals surface area (Å²) in [5, 5.41) is 8.63. The van der Waals surface area contributed by atoms with Crippen molar-refractivity contribution in [3.8, 4) is 6.07 Å². The monoisotopic (exact) mass is 177 g/mol. The molecular formula is C10H11NS. The fraction of sp³-hybridized carbons (Fsp3) is 0.300. The minimum absolute atomic E-state index is 0.766. The first-order valence-electron chi connectivity index (χ1n) is 3.83. The highest BCUT2D eigenvalue weighted by atomic mass is 32.2. The van der Waals surface area contributed by atoms with Gasteiger partial charge in [-0.15, -0.1) is 0 Å². The maximum Gasteiger partial charge on any atom is 0.0988 e. The number of allylic oxidation sites excluding steroid dienone is 5. The van der Waals surface area contributed by atoms with Crippen LogP contribution in [-0.2, 0) is 0 Å². The van der Waals surface area contributed by atoms with Gasteiger partial charge in [-0.3, -0.25) is 0 Å². The van der Waals surface area contributed by atoms with Crippen molar-refractivity contribution in [2.75, 3.05) is 12.0 Å². The maximum atomic E-state index is 8.63. The predicted octanol–water partition coefficient (Wildman–Crippen LogP) is 2.69. The second kappa shape index (κ2) is 4.84. The van der Waals surface area contributed by atoms with Crippen molar-refractivity contribution in [1.82, 2.24) is 0 Å². The number of hydrogen-bond acceptors (Lipinski definition) is 2. The smallest absolute Gasteiger partial charge is 0.0988 e. The Morgan fingerprint density at radius 2 is 2.33 bits per heavy atom. The Morgan fingerprint density at radius 3 is 3.00 bits per heavy atom. The fourth-order valence-corrected chi connectivity index (χ4v) is 1.57. The van der Waals surface area contributed by atoms with Gasteiger partial charge in [0.15, 0.2) is 0 Å². The maximum absolute atomic E-state index is 8.63. The molecule has 2 heteroatoms. The van der Waals surface area contributed by atoms with Crippen LogP contribution in [0.25, 0.3) is 0 Å². The van der Waals surface area contributed by atoms with E-state index in [2.05, 4.69) is 18.4 Å². The van der Waals surface area contributed by atoms with Crippen molar-refractivity contribution in [1.29, 1.82) is 5.26 Å². The molecule has 62 valence electrons. The van der Waals surface area contributed by atoms with E-state index in [1.54, 1.807) is 11.8 Å². The Labute approximate surface area is 77.5 Å². The summed E-state index contributed by atoms with van der Waals surface area (Å²) in [6, 6.07) is 2.14. The van der Waals surface area contributed by atoms with Crippen LogP contribution < -0.4 is 0 Å². The van der Waals surface area contributed by atoms with Crippen LogP contribution in [0, 0.1) is 11.3 Å². The van der Waals surface area contributed by atoms with Gasteiger partial charge in [0.2, 0.25) is 0 Å². The molecule has 0 radical (unpaired) electrons. The first-order valence-corrected chi connectivity index (χ1v) is 5.22. The van der Waals surface area contributed by atoms with E-state index >= 15 is 0 Å². The zero-order chi connectivity index (χ0) is 8.81. The van der Waals surface area contributed by atoms with Crippen molar-refractivity contribution in [3.05, 3.63) is 35.5 Å². The SMILES string of the molecule is CSCC1=CCC=C(C#N)C=C1. The number of nitrogens with zero attached hydrogens (tertiary/aromatic N) is 1. The molecule has 0 N–H and O–H groups in total. The lowest BCUT2D eigenvalue weighted by Crippen LogP contribution is -1.80. The van der Waals surface area contributed by atoms with Gasteiger partial charge in [0.05, 0.1) is 6.07 Å². The Morgan fingerprint density at radius 1 is 1.50 bits per heavy atom. The highest BCUT2D eigenvalue weighted by Gasteiger charge is 1.96. The predicted molar refractivity (Wildman–Crippen MR) is 53.9 cm³/mol. The van der Waals surface area contributed by atoms with Gasteiger partial charge in [-0.05, 0) is 24.3 Å². The molecule has 0 atom stereocenters. The molecule has 1 aliphatic rings. The molecule has 0 spiro atoms. The zero-order valence-electron chi connectivity index (χ0n) is 7.08. The second-order valence-electron chi connectivity index (χ2n) is 2.55. The van der Waals surface area contributed by atoms with Gasteiger partial charge in [-0.2, -0.15) is 17.0 Å². The van der Waals surface area contributed by atoms with E-state index < -0.39 is 0 Å². The van der Waals surface area contributed by atoms with E-state index in [0.717, 1.165) is 17.7 Å². The lowest BCUT2D eigenvalue weighted by Gasteiger charge is -1.95. The third-order valence-electron chi connectivity index (χ3n) is 1.63. The van der Waals surface area contributed by atoms with Crippen LogP contribution in [0.2, 0.25) is 0 Å².